The monoisotopic (exact) mass is 459 g/mol. The number of aliphatic carboxylic acids is 1. The zero-order chi connectivity index (χ0) is 22.5. The first kappa shape index (κ1) is 25.7. The molecule has 5 atom stereocenters. The standard InChI is InChI=1S/C20H30O3.C4H9Cl2N/c1-12(2)14-10-13-6-7-17-19(3,15(13)11-16(14)21)8-5-9-20(17,4)18(22)23;5-1-3-7-4-2-6/h6,10,12,15-17,21H,5,7-9,11H2,1-4H3,(H,22,23);7H,1-4H2/t15?,16?,17-,19-,20-;/m1./s1. The van der Waals surface area contributed by atoms with E-state index in [1.807, 2.05) is 6.92 Å². The molecule has 0 bridgehead atoms. The zero-order valence-electron chi connectivity index (χ0n) is 18.9. The SMILES string of the molecule is CC(C)C1=CC2=CC[C@H]3[C@](C)(C(=O)O)CCC[C@]3(C)C2CC1O.ClCCNCCCl. The number of carboxylic acid groups (broad SMARTS) is 1. The number of halogens is 2. The number of alkyl halides is 2. The minimum atomic E-state index is -0.653. The van der Waals surface area contributed by atoms with Crippen LogP contribution in [0.2, 0.25) is 0 Å². The third kappa shape index (κ3) is 5.26. The molecule has 0 spiro atoms. The topological polar surface area (TPSA) is 69.6 Å². The highest BCUT2D eigenvalue weighted by Crippen LogP contribution is 2.62. The van der Waals surface area contributed by atoms with E-state index in [-0.39, 0.29) is 23.4 Å². The van der Waals surface area contributed by atoms with E-state index >= 15 is 0 Å². The summed E-state index contributed by atoms with van der Waals surface area (Å²) in [5.41, 5.74) is 1.82. The summed E-state index contributed by atoms with van der Waals surface area (Å²) in [4.78, 5) is 12.0. The summed E-state index contributed by atoms with van der Waals surface area (Å²) in [5, 5.41) is 23.5. The lowest BCUT2D eigenvalue weighted by atomic mass is 9.46. The number of allylic oxidation sites excluding steroid dienone is 3. The molecule has 0 aromatic heterocycles. The van der Waals surface area contributed by atoms with Gasteiger partial charge >= 0.3 is 5.97 Å². The van der Waals surface area contributed by atoms with Crippen molar-refractivity contribution in [1.29, 1.82) is 0 Å². The summed E-state index contributed by atoms with van der Waals surface area (Å²) in [5.74, 6) is 1.48. The molecule has 0 aliphatic heterocycles. The van der Waals surface area contributed by atoms with Crippen molar-refractivity contribution in [2.24, 2.45) is 28.6 Å². The van der Waals surface area contributed by atoms with Gasteiger partial charge in [0.1, 0.15) is 0 Å². The molecule has 3 aliphatic carbocycles. The maximum Gasteiger partial charge on any atom is 0.309 e. The molecule has 0 saturated heterocycles. The van der Waals surface area contributed by atoms with Crippen molar-refractivity contribution in [3.63, 3.8) is 0 Å². The number of carbonyl (C=O) groups is 1. The van der Waals surface area contributed by atoms with Gasteiger partial charge in [0, 0.05) is 24.8 Å². The minimum Gasteiger partial charge on any atom is -0.481 e. The molecule has 0 aromatic rings. The van der Waals surface area contributed by atoms with E-state index in [0.29, 0.717) is 17.7 Å². The average Bonchev–Trinajstić information content (AvgIpc) is 2.68. The Kier molecular flexibility index (Phi) is 9.30. The van der Waals surface area contributed by atoms with Gasteiger partial charge in [-0.05, 0) is 66.9 Å². The Hall–Kier alpha value is -0.550. The molecule has 4 nitrogen and oxygen atoms in total. The average molecular weight is 460 g/mol. The van der Waals surface area contributed by atoms with Gasteiger partial charge in [-0.15, -0.1) is 23.2 Å². The second kappa shape index (κ2) is 10.8. The maximum atomic E-state index is 12.0. The summed E-state index contributed by atoms with van der Waals surface area (Å²) in [6.45, 7) is 10.2. The summed E-state index contributed by atoms with van der Waals surface area (Å²) < 4.78 is 0. The van der Waals surface area contributed by atoms with Crippen LogP contribution >= 0.6 is 23.2 Å². The van der Waals surface area contributed by atoms with E-state index in [2.05, 4.69) is 38.2 Å². The molecule has 172 valence electrons. The van der Waals surface area contributed by atoms with Crippen LogP contribution in [0.25, 0.3) is 0 Å². The van der Waals surface area contributed by atoms with Gasteiger partial charge in [-0.25, -0.2) is 0 Å². The minimum absolute atomic E-state index is 0.0184. The summed E-state index contributed by atoms with van der Waals surface area (Å²) in [6, 6.07) is 0. The maximum absolute atomic E-state index is 12.0. The smallest absolute Gasteiger partial charge is 0.309 e. The van der Waals surface area contributed by atoms with Crippen molar-refractivity contribution < 1.29 is 15.0 Å². The fourth-order valence-electron chi connectivity index (χ4n) is 5.91. The summed E-state index contributed by atoms with van der Waals surface area (Å²) in [6.07, 6.45) is 8.49. The predicted octanol–water partition coefficient (Wildman–Crippen LogP) is 5.23. The first-order chi connectivity index (χ1) is 14.1. The number of hydrogen-bond acceptors (Lipinski definition) is 3. The zero-order valence-corrected chi connectivity index (χ0v) is 20.4. The Morgan fingerprint density at radius 1 is 1.23 bits per heavy atom. The van der Waals surface area contributed by atoms with Crippen LogP contribution in [-0.4, -0.2) is 47.1 Å². The van der Waals surface area contributed by atoms with Crippen molar-refractivity contribution in [1.82, 2.24) is 5.32 Å². The molecule has 3 rings (SSSR count). The Morgan fingerprint density at radius 3 is 2.40 bits per heavy atom. The first-order valence-corrected chi connectivity index (χ1v) is 12.3. The van der Waals surface area contributed by atoms with Gasteiger partial charge in [0.25, 0.3) is 0 Å². The lowest BCUT2D eigenvalue weighted by Gasteiger charge is -2.57. The molecule has 0 aromatic carbocycles. The van der Waals surface area contributed by atoms with Crippen molar-refractivity contribution in [3.8, 4) is 0 Å². The van der Waals surface area contributed by atoms with E-state index < -0.39 is 11.4 Å². The van der Waals surface area contributed by atoms with Crippen molar-refractivity contribution in [2.75, 3.05) is 24.8 Å². The van der Waals surface area contributed by atoms with E-state index in [1.54, 1.807) is 0 Å². The molecular formula is C24H39Cl2NO3. The van der Waals surface area contributed by atoms with E-state index in [9.17, 15) is 15.0 Å². The molecular weight excluding hydrogens is 421 g/mol. The second-order valence-electron chi connectivity index (χ2n) is 9.81. The van der Waals surface area contributed by atoms with Gasteiger partial charge in [0.05, 0.1) is 11.5 Å². The van der Waals surface area contributed by atoms with Crippen LogP contribution in [0.5, 0.6) is 0 Å². The third-order valence-electron chi connectivity index (χ3n) is 7.64. The number of nitrogens with one attached hydrogen (secondary N) is 1. The number of aliphatic hydroxyl groups is 1. The predicted molar refractivity (Wildman–Crippen MR) is 125 cm³/mol. The van der Waals surface area contributed by atoms with Gasteiger partial charge in [-0.3, -0.25) is 4.79 Å². The quantitative estimate of drug-likeness (QED) is 0.375. The Labute approximate surface area is 192 Å². The molecule has 6 heteroatoms. The van der Waals surface area contributed by atoms with E-state index in [0.717, 1.165) is 50.8 Å². The highest BCUT2D eigenvalue weighted by atomic mass is 35.5. The Balaban J connectivity index is 0.000000396. The normalized spacial score (nSPS) is 35.4. The molecule has 1 fully saturated rings. The molecule has 3 aliphatic rings. The molecule has 0 heterocycles. The Morgan fingerprint density at radius 2 is 1.87 bits per heavy atom. The largest absolute Gasteiger partial charge is 0.481 e. The van der Waals surface area contributed by atoms with Crippen LogP contribution in [0.3, 0.4) is 0 Å². The van der Waals surface area contributed by atoms with Crippen LogP contribution in [0.1, 0.15) is 59.8 Å². The fraction of sp³-hybridized carbons (Fsp3) is 0.792. The molecule has 3 N–H and O–H groups in total. The molecule has 1 saturated carbocycles. The van der Waals surface area contributed by atoms with Gasteiger partial charge in [-0.1, -0.05) is 39.3 Å². The van der Waals surface area contributed by atoms with Gasteiger partial charge < -0.3 is 15.5 Å². The number of fused-ring (bicyclic) bond motifs is 3. The Bertz CT molecular complexity index is 659. The number of hydrogen-bond donors (Lipinski definition) is 3. The summed E-state index contributed by atoms with van der Waals surface area (Å²) in [7, 11) is 0. The van der Waals surface area contributed by atoms with Gasteiger partial charge in [0.15, 0.2) is 0 Å². The van der Waals surface area contributed by atoms with Crippen molar-refractivity contribution in [2.45, 2.75) is 65.9 Å². The highest BCUT2D eigenvalue weighted by molar-refractivity contribution is 6.18. The fourth-order valence-corrected chi connectivity index (χ4v) is 6.18. The second-order valence-corrected chi connectivity index (χ2v) is 10.6. The van der Waals surface area contributed by atoms with Crippen LogP contribution < -0.4 is 5.32 Å². The first-order valence-electron chi connectivity index (χ1n) is 11.3. The van der Waals surface area contributed by atoms with Crippen LogP contribution in [0.4, 0.5) is 0 Å². The van der Waals surface area contributed by atoms with Crippen molar-refractivity contribution in [3.05, 3.63) is 23.3 Å². The van der Waals surface area contributed by atoms with Crippen LogP contribution in [0, 0.1) is 28.6 Å². The third-order valence-corrected chi connectivity index (χ3v) is 8.02. The molecule has 0 amide bonds. The molecule has 2 unspecified atom stereocenters. The summed E-state index contributed by atoms with van der Waals surface area (Å²) >= 11 is 10.7. The van der Waals surface area contributed by atoms with Gasteiger partial charge in [0.2, 0.25) is 0 Å². The van der Waals surface area contributed by atoms with E-state index in [4.69, 9.17) is 23.2 Å². The number of rotatable bonds is 6. The van der Waals surface area contributed by atoms with Crippen LogP contribution in [0.15, 0.2) is 23.3 Å². The number of carboxylic acids is 1. The van der Waals surface area contributed by atoms with E-state index in [1.165, 1.54) is 5.57 Å². The lowest BCUT2D eigenvalue weighted by Crippen LogP contribution is -2.53. The van der Waals surface area contributed by atoms with Crippen molar-refractivity contribution >= 4 is 29.2 Å². The highest BCUT2D eigenvalue weighted by Gasteiger charge is 2.57. The molecule has 0 radical (unpaired) electrons. The lowest BCUT2D eigenvalue weighted by molar-refractivity contribution is -0.162. The van der Waals surface area contributed by atoms with Crippen LogP contribution in [-0.2, 0) is 4.79 Å². The molecule has 30 heavy (non-hydrogen) atoms. The number of aliphatic hydroxyl groups excluding tert-OH is 1. The van der Waals surface area contributed by atoms with Gasteiger partial charge in [-0.2, -0.15) is 0 Å².